The SMILES string of the molecule is C[C@]12CCC(=O)C=C1C(=O)CC1C2CC[C@@]2(C)C1CC[C@@H]2C(=O)COC1O[C@H](C(=O)O)[C@@H](O)[C@H](O)[C@H]1O. The van der Waals surface area contributed by atoms with Gasteiger partial charge in [0.25, 0.3) is 0 Å². The lowest BCUT2D eigenvalue weighted by atomic mass is 9.46. The molecule has 4 N–H and O–H groups in total. The average Bonchev–Trinajstić information content (AvgIpc) is 3.20. The van der Waals surface area contributed by atoms with Crippen LogP contribution in [-0.2, 0) is 28.7 Å². The number of aliphatic hydroxyl groups excluding tert-OH is 3. The lowest BCUT2D eigenvalue weighted by Gasteiger charge is -2.57. The zero-order chi connectivity index (χ0) is 26.9. The number of carboxylic acids is 1. The van der Waals surface area contributed by atoms with Gasteiger partial charge in [0.1, 0.15) is 24.9 Å². The monoisotopic (exact) mass is 520 g/mol. The van der Waals surface area contributed by atoms with Crippen molar-refractivity contribution in [3.63, 3.8) is 0 Å². The van der Waals surface area contributed by atoms with Crippen LogP contribution in [-0.4, -0.2) is 81.1 Å². The summed E-state index contributed by atoms with van der Waals surface area (Å²) < 4.78 is 10.6. The van der Waals surface area contributed by atoms with Gasteiger partial charge < -0.3 is 29.9 Å². The summed E-state index contributed by atoms with van der Waals surface area (Å²) in [6, 6.07) is 0. The van der Waals surface area contributed by atoms with Gasteiger partial charge in [0.05, 0.1) is 0 Å². The molecule has 0 spiro atoms. The summed E-state index contributed by atoms with van der Waals surface area (Å²) in [5.41, 5.74) is 0.0571. The van der Waals surface area contributed by atoms with Crippen LogP contribution in [0.4, 0.5) is 0 Å². The Labute approximate surface area is 215 Å². The van der Waals surface area contributed by atoms with Crippen LogP contribution < -0.4 is 0 Å². The Morgan fingerprint density at radius 1 is 1.03 bits per heavy atom. The number of carbonyl (C=O) groups is 4. The van der Waals surface area contributed by atoms with Crippen LogP contribution in [0.3, 0.4) is 0 Å². The predicted octanol–water partition coefficient (Wildman–Crippen LogP) is 0.791. The highest BCUT2D eigenvalue weighted by atomic mass is 16.7. The molecule has 0 amide bonds. The number of hydrogen-bond acceptors (Lipinski definition) is 9. The first-order valence-corrected chi connectivity index (χ1v) is 13.2. The van der Waals surface area contributed by atoms with Crippen molar-refractivity contribution in [3.8, 4) is 0 Å². The second-order valence-electron chi connectivity index (χ2n) is 12.1. The van der Waals surface area contributed by atoms with E-state index in [0.29, 0.717) is 37.2 Å². The van der Waals surface area contributed by atoms with Gasteiger partial charge in [0.15, 0.2) is 29.7 Å². The van der Waals surface area contributed by atoms with Crippen LogP contribution in [0.5, 0.6) is 0 Å². The van der Waals surface area contributed by atoms with E-state index in [1.165, 1.54) is 0 Å². The molecule has 0 aromatic rings. The average molecular weight is 521 g/mol. The van der Waals surface area contributed by atoms with E-state index in [4.69, 9.17) is 9.47 Å². The Balaban J connectivity index is 1.28. The quantitative estimate of drug-likeness (QED) is 0.407. The highest BCUT2D eigenvalue weighted by Gasteiger charge is 2.61. The molecule has 3 saturated carbocycles. The van der Waals surface area contributed by atoms with Crippen LogP contribution in [0.25, 0.3) is 0 Å². The van der Waals surface area contributed by atoms with Crippen molar-refractivity contribution in [2.75, 3.05) is 6.61 Å². The Bertz CT molecular complexity index is 1040. The highest BCUT2D eigenvalue weighted by Crippen LogP contribution is 2.66. The topological polar surface area (TPSA) is 168 Å². The lowest BCUT2D eigenvalue weighted by molar-refractivity contribution is -0.292. The van der Waals surface area contributed by atoms with Crippen LogP contribution in [0.15, 0.2) is 11.6 Å². The molecular formula is C27H36O10. The number of hydrogen-bond donors (Lipinski definition) is 4. The first kappa shape index (κ1) is 26.6. The maximum atomic E-state index is 13.4. The van der Waals surface area contributed by atoms with Crippen molar-refractivity contribution >= 4 is 23.3 Å². The molecule has 5 aliphatic rings. The summed E-state index contributed by atoms with van der Waals surface area (Å²) >= 11 is 0. The maximum Gasteiger partial charge on any atom is 0.335 e. The number of allylic oxidation sites excluding steroid dienone is 1. The van der Waals surface area contributed by atoms with Crippen molar-refractivity contribution in [2.45, 2.75) is 89.5 Å². The normalized spacial score (nSPS) is 47.5. The fourth-order valence-electron chi connectivity index (χ4n) is 8.37. The Morgan fingerprint density at radius 3 is 2.46 bits per heavy atom. The number of ether oxygens (including phenoxy) is 2. The second-order valence-corrected chi connectivity index (χ2v) is 12.1. The van der Waals surface area contributed by atoms with Gasteiger partial charge in [-0.05, 0) is 66.8 Å². The predicted molar refractivity (Wildman–Crippen MR) is 126 cm³/mol. The number of carboxylic acid groups (broad SMARTS) is 1. The smallest absolute Gasteiger partial charge is 0.335 e. The van der Waals surface area contributed by atoms with Crippen molar-refractivity contribution in [3.05, 3.63) is 11.6 Å². The number of ketones is 3. The van der Waals surface area contributed by atoms with E-state index >= 15 is 0 Å². The summed E-state index contributed by atoms with van der Waals surface area (Å²) in [5, 5.41) is 39.3. The van der Waals surface area contributed by atoms with Crippen LogP contribution in [0.2, 0.25) is 0 Å². The van der Waals surface area contributed by atoms with Crippen LogP contribution >= 0.6 is 0 Å². The summed E-state index contributed by atoms with van der Waals surface area (Å²) in [7, 11) is 0. The highest BCUT2D eigenvalue weighted by molar-refractivity contribution is 6.05. The lowest BCUT2D eigenvalue weighted by Crippen LogP contribution is -2.60. The molecule has 0 aromatic carbocycles. The number of aliphatic carboxylic acids is 1. The van der Waals surface area contributed by atoms with E-state index in [2.05, 4.69) is 13.8 Å². The van der Waals surface area contributed by atoms with Crippen molar-refractivity contribution in [2.24, 2.45) is 34.5 Å². The maximum absolute atomic E-state index is 13.4. The van der Waals surface area contributed by atoms with E-state index < -0.39 is 43.3 Å². The minimum absolute atomic E-state index is 0.0233. The molecule has 0 aromatic heterocycles. The minimum atomic E-state index is -1.83. The molecule has 4 unspecified atom stereocenters. The molecule has 37 heavy (non-hydrogen) atoms. The molecular weight excluding hydrogens is 484 g/mol. The van der Waals surface area contributed by atoms with Crippen molar-refractivity contribution < 1.29 is 49.1 Å². The van der Waals surface area contributed by atoms with Gasteiger partial charge in [0, 0.05) is 24.3 Å². The Kier molecular flexibility index (Phi) is 6.72. The molecule has 1 saturated heterocycles. The zero-order valence-corrected chi connectivity index (χ0v) is 21.2. The Hall–Kier alpha value is -1.98. The molecule has 11 atom stereocenters. The molecule has 10 nitrogen and oxygen atoms in total. The minimum Gasteiger partial charge on any atom is -0.479 e. The molecule has 0 radical (unpaired) electrons. The van der Waals surface area contributed by atoms with E-state index in [-0.39, 0.29) is 45.9 Å². The van der Waals surface area contributed by atoms with Crippen LogP contribution in [0.1, 0.15) is 58.8 Å². The van der Waals surface area contributed by atoms with E-state index in [0.717, 1.165) is 19.3 Å². The van der Waals surface area contributed by atoms with E-state index in [1.807, 2.05) is 0 Å². The van der Waals surface area contributed by atoms with Crippen molar-refractivity contribution in [1.82, 2.24) is 0 Å². The second kappa shape index (κ2) is 9.34. The molecule has 0 bridgehead atoms. The van der Waals surface area contributed by atoms with Gasteiger partial charge >= 0.3 is 5.97 Å². The van der Waals surface area contributed by atoms with Gasteiger partial charge in [-0.3, -0.25) is 14.4 Å². The first-order chi connectivity index (χ1) is 17.4. The number of carbonyl (C=O) groups excluding carboxylic acids is 3. The zero-order valence-electron chi connectivity index (χ0n) is 21.2. The third-order valence-electron chi connectivity index (χ3n) is 10.4. The van der Waals surface area contributed by atoms with Gasteiger partial charge in [-0.1, -0.05) is 13.8 Å². The van der Waals surface area contributed by atoms with Gasteiger partial charge in [-0.2, -0.15) is 0 Å². The molecule has 10 heteroatoms. The summed E-state index contributed by atoms with van der Waals surface area (Å²) in [4.78, 5) is 49.9. The molecule has 1 heterocycles. The van der Waals surface area contributed by atoms with Gasteiger partial charge in [-0.25, -0.2) is 4.79 Å². The Morgan fingerprint density at radius 2 is 1.76 bits per heavy atom. The number of fused-ring (bicyclic) bond motifs is 5. The van der Waals surface area contributed by atoms with Gasteiger partial charge in [0.2, 0.25) is 0 Å². The van der Waals surface area contributed by atoms with Crippen molar-refractivity contribution in [1.29, 1.82) is 0 Å². The molecule has 4 fully saturated rings. The number of aliphatic hydroxyl groups is 3. The number of Topliss-reactive ketones (excluding diaryl/α,β-unsaturated/α-hetero) is 2. The fourth-order valence-corrected chi connectivity index (χ4v) is 8.37. The standard InChI is InChI=1S/C27H36O10/c1-26-8-6-15-13(10-18(29)17-9-12(28)5-7-27(15,17)2)14(26)3-4-16(26)19(30)11-36-25-22(33)20(31)21(32)23(37-25)24(34)35/h9,13-16,20-23,25,31-33H,3-8,10-11H2,1-2H3,(H,34,35)/t13?,14?,15?,16-,20+,21+,22-,23+,25?,26+,27-/m1/s1. The molecule has 4 aliphatic carbocycles. The third kappa shape index (κ3) is 4.12. The molecule has 1 aliphatic heterocycles. The summed E-state index contributed by atoms with van der Waals surface area (Å²) in [6.07, 6.45) is -2.44. The third-order valence-corrected chi connectivity index (χ3v) is 10.4. The van der Waals surface area contributed by atoms with Crippen LogP contribution in [0, 0.1) is 34.5 Å². The first-order valence-electron chi connectivity index (χ1n) is 13.2. The van der Waals surface area contributed by atoms with E-state index in [9.17, 15) is 39.6 Å². The molecule has 5 rings (SSSR count). The van der Waals surface area contributed by atoms with Gasteiger partial charge in [-0.15, -0.1) is 0 Å². The number of rotatable bonds is 5. The fraction of sp³-hybridized carbons (Fsp3) is 0.778. The summed E-state index contributed by atoms with van der Waals surface area (Å²) in [6.45, 7) is 3.81. The summed E-state index contributed by atoms with van der Waals surface area (Å²) in [5.74, 6) is -1.33. The largest absolute Gasteiger partial charge is 0.479 e. The molecule has 204 valence electrons. The van der Waals surface area contributed by atoms with E-state index in [1.54, 1.807) is 6.08 Å².